The minimum Gasteiger partial charge on any atom is -0.448 e. The van der Waals surface area contributed by atoms with Gasteiger partial charge in [0.1, 0.15) is 6.61 Å². The summed E-state index contributed by atoms with van der Waals surface area (Å²) in [5, 5.41) is 9.99. The summed E-state index contributed by atoms with van der Waals surface area (Å²) in [4.78, 5) is 12.5. The van der Waals surface area contributed by atoms with Gasteiger partial charge in [-0.3, -0.25) is 5.41 Å². The third-order valence-electron chi connectivity index (χ3n) is 1.78. The molecule has 0 aromatic heterocycles. The van der Waals surface area contributed by atoms with Gasteiger partial charge in [0.25, 0.3) is 0 Å². The molecule has 1 fully saturated rings. The summed E-state index contributed by atoms with van der Waals surface area (Å²) in [7, 11) is 1.70. The van der Waals surface area contributed by atoms with Crippen molar-refractivity contribution in [2.45, 2.75) is 6.42 Å². The van der Waals surface area contributed by atoms with Gasteiger partial charge >= 0.3 is 6.09 Å². The number of cyclic esters (lactones) is 1. The third-order valence-corrected chi connectivity index (χ3v) is 1.78. The number of carbonyl (C=O) groups is 1. The van der Waals surface area contributed by atoms with Crippen LogP contribution in [0.25, 0.3) is 0 Å². The molecule has 0 aliphatic carbocycles. The first-order valence-electron chi connectivity index (χ1n) is 3.91. The maximum atomic E-state index is 10.9. The quantitative estimate of drug-likeness (QED) is 0.522. The number of carbonyl (C=O) groups excluding carboxylic acids is 1. The molecule has 2 N–H and O–H groups in total. The minimum atomic E-state index is -0.265. The van der Waals surface area contributed by atoms with E-state index in [1.54, 1.807) is 11.9 Å². The Morgan fingerprint density at radius 3 is 2.92 bits per heavy atom. The first-order chi connectivity index (χ1) is 5.74. The molecule has 13 heavy (non-hydrogen) atoms. The number of ether oxygens (including phenoxy) is 1. The molecule has 0 bridgehead atoms. The zero-order chi connectivity index (χ0) is 8.97. The van der Waals surface area contributed by atoms with Gasteiger partial charge in [-0.05, 0) is 0 Å². The van der Waals surface area contributed by atoms with Crippen LogP contribution in [0.5, 0.6) is 0 Å². The van der Waals surface area contributed by atoms with E-state index in [4.69, 9.17) is 10.1 Å². The lowest BCUT2D eigenvalue weighted by molar-refractivity contribution is 0.159. The molecule has 0 saturated carbocycles. The van der Waals surface area contributed by atoms with Crippen molar-refractivity contribution in [3.05, 3.63) is 0 Å². The highest BCUT2D eigenvalue weighted by Gasteiger charge is 2.21. The number of rotatable bonds is 3. The summed E-state index contributed by atoms with van der Waals surface area (Å²) in [5.74, 6) is 0.440. The molecule has 6 heteroatoms. The second kappa shape index (κ2) is 5.64. The SMILES string of the molecule is CNC(=N)CCN1CCOC1=O.Cl. The number of nitrogens with one attached hydrogen (secondary N) is 2. The van der Waals surface area contributed by atoms with Gasteiger partial charge in [0, 0.05) is 20.0 Å². The molecule has 0 aromatic rings. The number of amidine groups is 1. The Kier molecular flexibility index (Phi) is 5.22. The fraction of sp³-hybridized carbons (Fsp3) is 0.714. The Bertz CT molecular complexity index is 198. The van der Waals surface area contributed by atoms with Crippen molar-refractivity contribution in [3.63, 3.8) is 0 Å². The molecule has 1 saturated heterocycles. The Balaban J connectivity index is 0.00000144. The van der Waals surface area contributed by atoms with Crippen molar-refractivity contribution in [1.82, 2.24) is 10.2 Å². The average molecular weight is 208 g/mol. The van der Waals surface area contributed by atoms with Crippen LogP contribution in [0.2, 0.25) is 0 Å². The highest BCUT2D eigenvalue weighted by atomic mass is 35.5. The van der Waals surface area contributed by atoms with Crippen LogP contribution in [-0.2, 0) is 4.74 Å². The van der Waals surface area contributed by atoms with Crippen molar-refractivity contribution < 1.29 is 9.53 Å². The van der Waals surface area contributed by atoms with Gasteiger partial charge in [-0.1, -0.05) is 0 Å². The van der Waals surface area contributed by atoms with E-state index in [1.165, 1.54) is 0 Å². The van der Waals surface area contributed by atoms with E-state index in [0.29, 0.717) is 32.0 Å². The van der Waals surface area contributed by atoms with E-state index in [1.807, 2.05) is 0 Å². The number of amides is 1. The third kappa shape index (κ3) is 3.50. The molecule has 0 atom stereocenters. The maximum absolute atomic E-state index is 10.9. The van der Waals surface area contributed by atoms with Gasteiger partial charge in [0.15, 0.2) is 0 Å². The largest absolute Gasteiger partial charge is 0.448 e. The molecular formula is C7H14ClN3O2. The van der Waals surface area contributed by atoms with Crippen LogP contribution in [0, 0.1) is 5.41 Å². The summed E-state index contributed by atoms with van der Waals surface area (Å²) < 4.78 is 4.73. The van der Waals surface area contributed by atoms with Crippen molar-refractivity contribution >= 4 is 24.3 Å². The van der Waals surface area contributed by atoms with E-state index in [0.717, 1.165) is 0 Å². The van der Waals surface area contributed by atoms with E-state index in [-0.39, 0.29) is 18.5 Å². The molecule has 0 spiro atoms. The standard InChI is InChI=1S/C7H13N3O2.ClH/c1-9-6(8)2-3-10-4-5-12-7(10)11;/h2-5H2,1H3,(H2,8,9);1H. The minimum absolute atomic E-state index is 0. The van der Waals surface area contributed by atoms with Crippen molar-refractivity contribution in [2.24, 2.45) is 0 Å². The fourth-order valence-corrected chi connectivity index (χ4v) is 1.00. The number of hydrogen-bond donors (Lipinski definition) is 2. The predicted molar refractivity (Wildman–Crippen MR) is 51.6 cm³/mol. The molecule has 1 amide bonds. The van der Waals surface area contributed by atoms with Crippen LogP contribution >= 0.6 is 12.4 Å². The molecule has 0 radical (unpaired) electrons. The van der Waals surface area contributed by atoms with Crippen molar-refractivity contribution in [3.8, 4) is 0 Å². The molecule has 1 aliphatic heterocycles. The normalized spacial score (nSPS) is 14.8. The number of nitrogens with zero attached hydrogens (tertiary/aromatic N) is 1. The van der Waals surface area contributed by atoms with E-state index < -0.39 is 0 Å². The lowest BCUT2D eigenvalue weighted by atomic mass is 10.3. The monoisotopic (exact) mass is 207 g/mol. The summed E-state index contributed by atoms with van der Waals surface area (Å²) in [6, 6.07) is 0. The molecule has 1 rings (SSSR count). The Morgan fingerprint density at radius 1 is 1.77 bits per heavy atom. The molecule has 1 heterocycles. The highest BCUT2D eigenvalue weighted by Crippen LogP contribution is 2.03. The first-order valence-corrected chi connectivity index (χ1v) is 3.91. The topological polar surface area (TPSA) is 65.4 Å². The smallest absolute Gasteiger partial charge is 0.409 e. The lowest BCUT2D eigenvalue weighted by Crippen LogP contribution is -2.29. The Hall–Kier alpha value is -0.970. The molecule has 0 unspecified atom stereocenters. The van der Waals surface area contributed by atoms with E-state index in [9.17, 15) is 4.79 Å². The van der Waals surface area contributed by atoms with Crippen molar-refractivity contribution in [1.29, 1.82) is 5.41 Å². The van der Waals surface area contributed by atoms with Gasteiger partial charge in [-0.2, -0.15) is 0 Å². The Labute approximate surface area is 83.3 Å². The summed E-state index contributed by atoms with van der Waals surface area (Å²) in [5.41, 5.74) is 0. The molecule has 5 nitrogen and oxygen atoms in total. The number of halogens is 1. The second-order valence-corrected chi connectivity index (χ2v) is 2.58. The van der Waals surface area contributed by atoms with Gasteiger partial charge in [-0.15, -0.1) is 12.4 Å². The highest BCUT2D eigenvalue weighted by molar-refractivity contribution is 5.85. The zero-order valence-electron chi connectivity index (χ0n) is 7.50. The van der Waals surface area contributed by atoms with Gasteiger partial charge in [0.05, 0.1) is 12.4 Å². The maximum Gasteiger partial charge on any atom is 0.409 e. The molecular weight excluding hydrogens is 194 g/mol. The Morgan fingerprint density at radius 2 is 2.46 bits per heavy atom. The number of hydrogen-bond acceptors (Lipinski definition) is 3. The molecule has 0 aromatic carbocycles. The molecule has 1 aliphatic rings. The van der Waals surface area contributed by atoms with E-state index >= 15 is 0 Å². The van der Waals surface area contributed by atoms with Gasteiger partial charge < -0.3 is 15.0 Å². The summed E-state index contributed by atoms with van der Waals surface area (Å²) in [6.07, 6.45) is 0.296. The van der Waals surface area contributed by atoms with Crippen LogP contribution in [0.3, 0.4) is 0 Å². The van der Waals surface area contributed by atoms with Crippen LogP contribution in [0.1, 0.15) is 6.42 Å². The van der Waals surface area contributed by atoms with Crippen LogP contribution in [-0.4, -0.2) is 43.6 Å². The predicted octanol–water partition coefficient (Wildman–Crippen LogP) is 0.447. The van der Waals surface area contributed by atoms with Crippen LogP contribution < -0.4 is 5.32 Å². The average Bonchev–Trinajstić information content (AvgIpc) is 2.47. The zero-order valence-corrected chi connectivity index (χ0v) is 8.32. The molecule has 76 valence electrons. The van der Waals surface area contributed by atoms with Crippen molar-refractivity contribution in [2.75, 3.05) is 26.7 Å². The van der Waals surface area contributed by atoms with Crippen LogP contribution in [0.15, 0.2) is 0 Å². The van der Waals surface area contributed by atoms with Crippen LogP contribution in [0.4, 0.5) is 4.79 Å². The lowest BCUT2D eigenvalue weighted by Gasteiger charge is -2.11. The fourth-order valence-electron chi connectivity index (χ4n) is 1.00. The summed E-state index contributed by atoms with van der Waals surface area (Å²) in [6.45, 7) is 1.69. The summed E-state index contributed by atoms with van der Waals surface area (Å²) >= 11 is 0. The second-order valence-electron chi connectivity index (χ2n) is 2.58. The van der Waals surface area contributed by atoms with Gasteiger partial charge in [-0.25, -0.2) is 4.79 Å². The van der Waals surface area contributed by atoms with E-state index in [2.05, 4.69) is 5.32 Å². The van der Waals surface area contributed by atoms with Gasteiger partial charge in [0.2, 0.25) is 0 Å². The first kappa shape index (κ1) is 12.0.